The van der Waals surface area contributed by atoms with Crippen molar-refractivity contribution in [3.63, 3.8) is 0 Å². The summed E-state index contributed by atoms with van der Waals surface area (Å²) in [7, 11) is 0. The number of nitrogens with zero attached hydrogens (tertiary/aromatic N) is 5. The molecule has 5 nitrogen and oxygen atoms in total. The van der Waals surface area contributed by atoms with Crippen LogP contribution in [-0.2, 0) is 0 Å². The molecule has 0 saturated carbocycles. The van der Waals surface area contributed by atoms with Crippen LogP contribution in [0.15, 0.2) is 18.5 Å². The molecular weight excluding hydrogens is 214 g/mol. The smallest absolute Gasteiger partial charge is 0.131 e. The fourth-order valence-corrected chi connectivity index (χ4v) is 2.54. The highest BCUT2D eigenvalue weighted by molar-refractivity contribution is 5.72. The Morgan fingerprint density at radius 3 is 2.94 bits per heavy atom. The Hall–Kier alpha value is -1.49. The Morgan fingerprint density at radius 1 is 1.35 bits per heavy atom. The van der Waals surface area contributed by atoms with E-state index < -0.39 is 0 Å². The average molecular weight is 231 g/mol. The van der Waals surface area contributed by atoms with Crippen molar-refractivity contribution >= 4 is 11.0 Å². The van der Waals surface area contributed by atoms with E-state index in [1.165, 1.54) is 0 Å². The van der Waals surface area contributed by atoms with Crippen LogP contribution >= 0.6 is 0 Å². The number of likely N-dealkylation sites (tertiary alicyclic amines) is 1. The third-order valence-corrected chi connectivity index (χ3v) is 3.62. The van der Waals surface area contributed by atoms with E-state index in [9.17, 15) is 0 Å². The lowest BCUT2D eigenvalue weighted by Crippen LogP contribution is -2.34. The first-order valence-corrected chi connectivity index (χ1v) is 6.25. The maximum atomic E-state index is 4.28. The monoisotopic (exact) mass is 231 g/mol. The molecule has 0 N–H and O–H groups in total. The Labute approximate surface area is 100 Å². The molecule has 1 aliphatic heterocycles. The molecule has 90 valence electrons. The molecule has 1 fully saturated rings. The second-order valence-corrected chi connectivity index (χ2v) is 4.56. The van der Waals surface area contributed by atoms with Crippen LogP contribution in [0.4, 0.5) is 0 Å². The number of hydrogen-bond acceptors (Lipinski definition) is 4. The van der Waals surface area contributed by atoms with Crippen LogP contribution in [0.3, 0.4) is 0 Å². The number of pyridine rings is 1. The van der Waals surface area contributed by atoms with E-state index >= 15 is 0 Å². The molecule has 3 heterocycles. The highest BCUT2D eigenvalue weighted by Gasteiger charge is 2.21. The molecule has 0 aliphatic carbocycles. The minimum Gasteiger partial charge on any atom is -0.303 e. The van der Waals surface area contributed by atoms with Gasteiger partial charge in [-0.2, -0.15) is 0 Å². The predicted molar refractivity (Wildman–Crippen MR) is 65.7 cm³/mol. The Morgan fingerprint density at radius 2 is 2.18 bits per heavy atom. The molecule has 0 aromatic carbocycles. The SMILES string of the molecule is CCN1CCC(n2nnc3cnccc32)CC1. The summed E-state index contributed by atoms with van der Waals surface area (Å²) in [6.07, 6.45) is 5.91. The van der Waals surface area contributed by atoms with Crippen LogP contribution in [0, 0.1) is 0 Å². The van der Waals surface area contributed by atoms with Crippen LogP contribution in [0.2, 0.25) is 0 Å². The molecule has 17 heavy (non-hydrogen) atoms. The maximum absolute atomic E-state index is 4.28. The average Bonchev–Trinajstić information content (AvgIpc) is 2.83. The van der Waals surface area contributed by atoms with Gasteiger partial charge < -0.3 is 4.90 Å². The first kappa shape index (κ1) is 10.7. The normalized spacial score (nSPS) is 18.9. The van der Waals surface area contributed by atoms with E-state index in [0.717, 1.165) is 43.5 Å². The Bertz CT molecular complexity index is 498. The first-order chi connectivity index (χ1) is 8.38. The van der Waals surface area contributed by atoms with Gasteiger partial charge in [0.15, 0.2) is 0 Å². The van der Waals surface area contributed by atoms with Crippen molar-refractivity contribution in [2.24, 2.45) is 0 Å². The van der Waals surface area contributed by atoms with Crippen molar-refractivity contribution in [1.29, 1.82) is 0 Å². The third kappa shape index (κ3) is 1.91. The fraction of sp³-hybridized carbons (Fsp3) is 0.583. The summed E-state index contributed by atoms with van der Waals surface area (Å²) in [6.45, 7) is 5.69. The molecule has 1 aliphatic rings. The Balaban J connectivity index is 1.85. The van der Waals surface area contributed by atoms with E-state index in [1.54, 1.807) is 6.20 Å². The molecule has 0 spiro atoms. The molecule has 1 saturated heterocycles. The molecule has 2 aromatic rings. The predicted octanol–water partition coefficient (Wildman–Crippen LogP) is 1.48. The van der Waals surface area contributed by atoms with Gasteiger partial charge in [0, 0.05) is 19.3 Å². The quantitative estimate of drug-likeness (QED) is 0.785. The van der Waals surface area contributed by atoms with Gasteiger partial charge in [-0.3, -0.25) is 4.98 Å². The molecular formula is C12H17N5. The molecule has 2 aromatic heterocycles. The summed E-state index contributed by atoms with van der Waals surface area (Å²) in [5, 5.41) is 8.45. The first-order valence-electron chi connectivity index (χ1n) is 6.25. The number of piperidine rings is 1. The van der Waals surface area contributed by atoms with Crippen LogP contribution in [0.25, 0.3) is 11.0 Å². The van der Waals surface area contributed by atoms with E-state index in [1.807, 2.05) is 12.3 Å². The summed E-state index contributed by atoms with van der Waals surface area (Å²) < 4.78 is 2.07. The van der Waals surface area contributed by atoms with E-state index in [-0.39, 0.29) is 0 Å². The van der Waals surface area contributed by atoms with E-state index in [0.29, 0.717) is 6.04 Å². The summed E-state index contributed by atoms with van der Waals surface area (Å²) in [5.41, 5.74) is 2.00. The van der Waals surface area contributed by atoms with Gasteiger partial charge in [0.2, 0.25) is 0 Å². The summed E-state index contributed by atoms with van der Waals surface area (Å²) in [5.74, 6) is 0. The minimum atomic E-state index is 0.491. The minimum absolute atomic E-state index is 0.491. The molecule has 0 unspecified atom stereocenters. The molecule has 0 bridgehead atoms. The van der Waals surface area contributed by atoms with Gasteiger partial charge >= 0.3 is 0 Å². The lowest BCUT2D eigenvalue weighted by Gasteiger charge is -2.31. The lowest BCUT2D eigenvalue weighted by molar-refractivity contribution is 0.188. The van der Waals surface area contributed by atoms with Crippen LogP contribution in [0.5, 0.6) is 0 Å². The van der Waals surface area contributed by atoms with Gasteiger partial charge in [-0.15, -0.1) is 5.10 Å². The van der Waals surface area contributed by atoms with Gasteiger partial charge in [0.25, 0.3) is 0 Å². The van der Waals surface area contributed by atoms with Crippen molar-refractivity contribution in [2.45, 2.75) is 25.8 Å². The highest BCUT2D eigenvalue weighted by Crippen LogP contribution is 2.24. The molecule has 0 atom stereocenters. The number of rotatable bonds is 2. The van der Waals surface area contributed by atoms with Crippen molar-refractivity contribution in [2.75, 3.05) is 19.6 Å². The number of aromatic nitrogens is 4. The fourth-order valence-electron chi connectivity index (χ4n) is 2.54. The van der Waals surface area contributed by atoms with Gasteiger partial charge in [-0.05, 0) is 25.5 Å². The van der Waals surface area contributed by atoms with Gasteiger partial charge in [0.05, 0.1) is 17.8 Å². The largest absolute Gasteiger partial charge is 0.303 e. The van der Waals surface area contributed by atoms with E-state index in [2.05, 4.69) is 31.8 Å². The van der Waals surface area contributed by atoms with Gasteiger partial charge in [0.1, 0.15) is 5.52 Å². The summed E-state index contributed by atoms with van der Waals surface area (Å²) in [6, 6.07) is 2.49. The highest BCUT2D eigenvalue weighted by atomic mass is 15.4. The van der Waals surface area contributed by atoms with Gasteiger partial charge in [-0.25, -0.2) is 4.68 Å². The second-order valence-electron chi connectivity index (χ2n) is 4.56. The topological polar surface area (TPSA) is 46.8 Å². The zero-order valence-corrected chi connectivity index (χ0v) is 10.1. The van der Waals surface area contributed by atoms with Crippen LogP contribution in [0.1, 0.15) is 25.8 Å². The summed E-state index contributed by atoms with van der Waals surface area (Å²) in [4.78, 5) is 6.56. The van der Waals surface area contributed by atoms with Crippen molar-refractivity contribution < 1.29 is 0 Å². The van der Waals surface area contributed by atoms with Crippen LogP contribution < -0.4 is 0 Å². The standard InChI is InChI=1S/C12H17N5/c1-2-16-7-4-10(5-8-16)17-12-3-6-13-9-11(12)14-15-17/h3,6,9-10H,2,4-5,7-8H2,1H3. The third-order valence-electron chi connectivity index (χ3n) is 3.62. The Kier molecular flexibility index (Phi) is 2.76. The molecule has 0 radical (unpaired) electrons. The lowest BCUT2D eigenvalue weighted by atomic mass is 10.1. The second kappa shape index (κ2) is 4.41. The molecule has 3 rings (SSSR count). The van der Waals surface area contributed by atoms with Crippen LogP contribution in [-0.4, -0.2) is 44.5 Å². The van der Waals surface area contributed by atoms with Crippen molar-refractivity contribution in [3.8, 4) is 0 Å². The van der Waals surface area contributed by atoms with Gasteiger partial charge in [-0.1, -0.05) is 12.1 Å². The summed E-state index contributed by atoms with van der Waals surface area (Å²) >= 11 is 0. The number of hydrogen-bond donors (Lipinski definition) is 0. The molecule has 0 amide bonds. The molecule has 5 heteroatoms. The van der Waals surface area contributed by atoms with Crippen molar-refractivity contribution in [3.05, 3.63) is 18.5 Å². The zero-order valence-electron chi connectivity index (χ0n) is 10.1. The zero-order chi connectivity index (χ0) is 11.7. The van der Waals surface area contributed by atoms with Crippen molar-refractivity contribution in [1.82, 2.24) is 24.9 Å². The maximum Gasteiger partial charge on any atom is 0.131 e. The van der Waals surface area contributed by atoms with E-state index in [4.69, 9.17) is 0 Å². The number of fused-ring (bicyclic) bond motifs is 1.